The van der Waals surface area contributed by atoms with Gasteiger partial charge in [-0.05, 0) is 29.9 Å². The number of rotatable bonds is 8. The van der Waals surface area contributed by atoms with E-state index in [9.17, 15) is 0 Å². The lowest BCUT2D eigenvalue weighted by molar-refractivity contribution is 0.520. The van der Waals surface area contributed by atoms with Crippen molar-refractivity contribution >= 4 is 6.08 Å². The molecule has 0 N–H and O–H groups in total. The average Bonchev–Trinajstić information content (AvgIpc) is 2.34. The van der Waals surface area contributed by atoms with Gasteiger partial charge in [0.2, 0.25) is 0 Å². The van der Waals surface area contributed by atoms with E-state index in [0.717, 1.165) is 5.92 Å². The Hall–Kier alpha value is -1.04. The molecule has 0 nitrogen and oxygen atoms in total. The van der Waals surface area contributed by atoms with Gasteiger partial charge in [0, 0.05) is 0 Å². The summed E-state index contributed by atoms with van der Waals surface area (Å²) in [5.74, 6) is 0.862. The maximum atomic E-state index is 3.77. The van der Waals surface area contributed by atoms with E-state index < -0.39 is 0 Å². The Balaban J connectivity index is 2.11. The van der Waals surface area contributed by atoms with Gasteiger partial charge in [-0.2, -0.15) is 0 Å². The Morgan fingerprint density at radius 2 is 1.65 bits per heavy atom. The van der Waals surface area contributed by atoms with E-state index in [0.29, 0.717) is 0 Å². The second-order valence-corrected chi connectivity index (χ2v) is 5.29. The number of benzene rings is 1. The molecule has 94 valence electrons. The Morgan fingerprint density at radius 3 is 2.24 bits per heavy atom. The summed E-state index contributed by atoms with van der Waals surface area (Å²) < 4.78 is 0. The molecule has 0 heteroatoms. The predicted molar refractivity (Wildman–Crippen MR) is 78.2 cm³/mol. The summed E-state index contributed by atoms with van der Waals surface area (Å²) in [6, 6.07) is 8.76. The topological polar surface area (TPSA) is 0 Å². The quantitative estimate of drug-likeness (QED) is 0.519. The van der Waals surface area contributed by atoms with Crippen LogP contribution in [0.3, 0.4) is 0 Å². The standard InChI is InChI=1S/C17H26/c1-4-16-11-13-17(14-12-16)10-8-6-5-7-9-15(2)3/h4,11-15H,1,5-10H2,2-3H3. The van der Waals surface area contributed by atoms with Crippen molar-refractivity contribution in [2.75, 3.05) is 0 Å². The molecule has 0 aromatic heterocycles. The molecule has 0 heterocycles. The minimum atomic E-state index is 0.862. The summed E-state index contributed by atoms with van der Waals surface area (Å²) in [5, 5.41) is 0. The Bertz CT molecular complexity index is 305. The Morgan fingerprint density at radius 1 is 1.00 bits per heavy atom. The fraction of sp³-hybridized carbons (Fsp3) is 0.529. The molecule has 0 aliphatic rings. The van der Waals surface area contributed by atoms with Crippen LogP contribution in [0.15, 0.2) is 30.8 Å². The number of unbranched alkanes of at least 4 members (excludes halogenated alkanes) is 3. The highest BCUT2D eigenvalue weighted by Crippen LogP contribution is 2.12. The first kappa shape index (κ1) is 14.0. The zero-order valence-electron chi connectivity index (χ0n) is 11.4. The Labute approximate surface area is 107 Å². The van der Waals surface area contributed by atoms with E-state index >= 15 is 0 Å². The summed E-state index contributed by atoms with van der Waals surface area (Å²) >= 11 is 0. The molecule has 0 bridgehead atoms. The van der Waals surface area contributed by atoms with E-state index in [1.807, 2.05) is 6.08 Å². The lowest BCUT2D eigenvalue weighted by Gasteiger charge is -2.05. The SMILES string of the molecule is C=Cc1ccc(CCCCCCC(C)C)cc1. The first-order valence-electron chi connectivity index (χ1n) is 6.93. The van der Waals surface area contributed by atoms with Crippen molar-refractivity contribution in [2.45, 2.75) is 52.4 Å². The molecule has 0 saturated heterocycles. The van der Waals surface area contributed by atoms with Gasteiger partial charge < -0.3 is 0 Å². The molecule has 0 saturated carbocycles. The normalized spacial score (nSPS) is 10.8. The van der Waals surface area contributed by atoms with Gasteiger partial charge in [0.25, 0.3) is 0 Å². The van der Waals surface area contributed by atoms with Crippen LogP contribution in [0.2, 0.25) is 0 Å². The van der Waals surface area contributed by atoms with Crippen molar-refractivity contribution in [3.63, 3.8) is 0 Å². The third kappa shape index (κ3) is 6.31. The van der Waals surface area contributed by atoms with Gasteiger partial charge in [-0.25, -0.2) is 0 Å². The molecular formula is C17H26. The van der Waals surface area contributed by atoms with E-state index in [-0.39, 0.29) is 0 Å². The number of hydrogen-bond donors (Lipinski definition) is 0. The van der Waals surface area contributed by atoms with Crippen molar-refractivity contribution < 1.29 is 0 Å². The molecule has 0 amide bonds. The third-order valence-corrected chi connectivity index (χ3v) is 3.21. The Kier molecular flexibility index (Phi) is 6.69. The summed E-state index contributed by atoms with van der Waals surface area (Å²) in [6.07, 6.45) is 9.99. The summed E-state index contributed by atoms with van der Waals surface area (Å²) in [4.78, 5) is 0. The van der Waals surface area contributed by atoms with E-state index in [2.05, 4.69) is 44.7 Å². The van der Waals surface area contributed by atoms with Crippen LogP contribution >= 0.6 is 0 Å². The van der Waals surface area contributed by atoms with Crippen LogP contribution in [0, 0.1) is 5.92 Å². The second-order valence-electron chi connectivity index (χ2n) is 5.29. The molecule has 0 fully saturated rings. The third-order valence-electron chi connectivity index (χ3n) is 3.21. The van der Waals surface area contributed by atoms with Crippen molar-refractivity contribution in [1.29, 1.82) is 0 Å². The fourth-order valence-corrected chi connectivity index (χ4v) is 2.06. The van der Waals surface area contributed by atoms with Gasteiger partial charge >= 0.3 is 0 Å². The maximum absolute atomic E-state index is 3.77. The lowest BCUT2D eigenvalue weighted by Crippen LogP contribution is -1.89. The number of hydrogen-bond acceptors (Lipinski definition) is 0. The molecule has 0 atom stereocenters. The zero-order valence-corrected chi connectivity index (χ0v) is 11.4. The number of aryl methyl sites for hydroxylation is 1. The molecule has 0 unspecified atom stereocenters. The highest BCUT2D eigenvalue weighted by atomic mass is 14.0. The summed E-state index contributed by atoms with van der Waals surface area (Å²) in [6.45, 7) is 8.38. The molecule has 17 heavy (non-hydrogen) atoms. The summed E-state index contributed by atoms with van der Waals surface area (Å²) in [5.41, 5.74) is 2.67. The minimum Gasteiger partial charge on any atom is -0.0985 e. The van der Waals surface area contributed by atoms with Crippen LogP contribution in [0.1, 0.15) is 57.1 Å². The van der Waals surface area contributed by atoms with Crippen molar-refractivity contribution in [2.24, 2.45) is 5.92 Å². The van der Waals surface area contributed by atoms with Crippen molar-refractivity contribution in [1.82, 2.24) is 0 Å². The maximum Gasteiger partial charge on any atom is -0.0262 e. The fourth-order valence-electron chi connectivity index (χ4n) is 2.06. The van der Waals surface area contributed by atoms with Crippen LogP contribution in [-0.2, 0) is 6.42 Å². The van der Waals surface area contributed by atoms with Crippen molar-refractivity contribution in [3.8, 4) is 0 Å². The van der Waals surface area contributed by atoms with Gasteiger partial charge in [0.1, 0.15) is 0 Å². The largest absolute Gasteiger partial charge is 0.0985 e. The first-order chi connectivity index (χ1) is 8.22. The van der Waals surface area contributed by atoms with Crippen LogP contribution < -0.4 is 0 Å². The molecule has 0 spiro atoms. The van der Waals surface area contributed by atoms with Gasteiger partial charge in [-0.3, -0.25) is 0 Å². The second kappa shape index (κ2) is 8.11. The van der Waals surface area contributed by atoms with Gasteiger partial charge in [-0.15, -0.1) is 0 Å². The van der Waals surface area contributed by atoms with Crippen molar-refractivity contribution in [3.05, 3.63) is 42.0 Å². The molecular weight excluding hydrogens is 204 g/mol. The highest BCUT2D eigenvalue weighted by molar-refractivity contribution is 5.47. The van der Waals surface area contributed by atoms with Crippen LogP contribution in [-0.4, -0.2) is 0 Å². The molecule has 1 aromatic carbocycles. The highest BCUT2D eigenvalue weighted by Gasteiger charge is 1.96. The van der Waals surface area contributed by atoms with E-state index in [4.69, 9.17) is 0 Å². The first-order valence-corrected chi connectivity index (χ1v) is 6.93. The average molecular weight is 230 g/mol. The smallest absolute Gasteiger partial charge is 0.0262 e. The van der Waals surface area contributed by atoms with Gasteiger partial charge in [0.15, 0.2) is 0 Å². The predicted octanol–water partition coefficient (Wildman–Crippen LogP) is 5.48. The van der Waals surface area contributed by atoms with E-state index in [1.165, 1.54) is 49.7 Å². The molecule has 1 aromatic rings. The molecule has 0 aliphatic carbocycles. The van der Waals surface area contributed by atoms with E-state index in [1.54, 1.807) is 0 Å². The van der Waals surface area contributed by atoms with Crippen LogP contribution in [0.5, 0.6) is 0 Å². The summed E-state index contributed by atoms with van der Waals surface area (Å²) in [7, 11) is 0. The van der Waals surface area contributed by atoms with Gasteiger partial charge in [0.05, 0.1) is 0 Å². The monoisotopic (exact) mass is 230 g/mol. The molecule has 1 rings (SSSR count). The minimum absolute atomic E-state index is 0.862. The lowest BCUT2D eigenvalue weighted by atomic mass is 10.0. The van der Waals surface area contributed by atoms with Crippen LogP contribution in [0.4, 0.5) is 0 Å². The van der Waals surface area contributed by atoms with Gasteiger partial charge in [-0.1, -0.05) is 76.5 Å². The van der Waals surface area contributed by atoms with Crippen LogP contribution in [0.25, 0.3) is 6.08 Å². The molecule has 0 radical (unpaired) electrons. The zero-order chi connectivity index (χ0) is 12.5. The molecule has 0 aliphatic heterocycles.